The maximum Gasteiger partial charge on any atom is 0.224 e. The van der Waals surface area contributed by atoms with Crippen LogP contribution in [0.3, 0.4) is 0 Å². The summed E-state index contributed by atoms with van der Waals surface area (Å²) in [6.07, 6.45) is 1.69. The molecule has 5 nitrogen and oxygen atoms in total. The molecule has 0 saturated heterocycles. The molecule has 0 bridgehead atoms. The molecule has 0 aliphatic heterocycles. The molecule has 5 heteroatoms. The molecule has 2 aromatic carbocycles. The first-order chi connectivity index (χ1) is 13.1. The summed E-state index contributed by atoms with van der Waals surface area (Å²) >= 11 is 0. The number of ether oxygens (including phenoxy) is 2. The average molecular weight is 370 g/mol. The van der Waals surface area contributed by atoms with Crippen molar-refractivity contribution < 1.29 is 14.3 Å². The van der Waals surface area contributed by atoms with Crippen LogP contribution in [0.1, 0.15) is 37.4 Å². The van der Waals surface area contributed by atoms with Crippen molar-refractivity contribution in [2.75, 3.05) is 20.3 Å². The van der Waals surface area contributed by atoms with E-state index >= 15 is 0 Å². The van der Waals surface area contributed by atoms with Crippen LogP contribution in [0, 0.1) is 5.92 Å². The van der Waals surface area contributed by atoms with Crippen LogP contribution in [0.15, 0.2) is 48.5 Å². The summed E-state index contributed by atoms with van der Waals surface area (Å²) < 4.78 is 10.9. The van der Waals surface area contributed by atoms with Crippen LogP contribution < -0.4 is 20.5 Å². The minimum absolute atomic E-state index is 0.0175. The van der Waals surface area contributed by atoms with E-state index in [1.165, 1.54) is 0 Å². The fourth-order valence-electron chi connectivity index (χ4n) is 2.94. The molecule has 27 heavy (non-hydrogen) atoms. The molecule has 3 N–H and O–H groups in total. The molecule has 0 radical (unpaired) electrons. The minimum Gasteiger partial charge on any atom is -0.493 e. The fraction of sp³-hybridized carbons (Fsp3) is 0.409. The Kier molecular flexibility index (Phi) is 8.14. The molecule has 2 unspecified atom stereocenters. The Morgan fingerprint density at radius 2 is 1.89 bits per heavy atom. The lowest BCUT2D eigenvalue weighted by Gasteiger charge is -2.19. The summed E-state index contributed by atoms with van der Waals surface area (Å²) in [6.45, 7) is 5.02. The molecule has 0 aromatic heterocycles. The highest BCUT2D eigenvalue weighted by atomic mass is 16.5. The number of rotatable bonds is 10. The number of nitrogens with one attached hydrogen (secondary N) is 1. The molecule has 1 amide bonds. The molecule has 2 aromatic rings. The van der Waals surface area contributed by atoms with Crippen molar-refractivity contribution in [2.45, 2.75) is 32.7 Å². The third kappa shape index (κ3) is 6.00. The molecule has 0 spiro atoms. The number of nitrogens with two attached hydrogens (primary N) is 1. The van der Waals surface area contributed by atoms with Gasteiger partial charge in [-0.15, -0.1) is 0 Å². The van der Waals surface area contributed by atoms with Gasteiger partial charge in [-0.1, -0.05) is 43.3 Å². The highest BCUT2D eigenvalue weighted by Crippen LogP contribution is 2.28. The molecular weight excluding hydrogens is 340 g/mol. The van der Waals surface area contributed by atoms with E-state index in [9.17, 15) is 4.79 Å². The number of amides is 1. The maximum atomic E-state index is 12.4. The summed E-state index contributed by atoms with van der Waals surface area (Å²) in [4.78, 5) is 12.4. The van der Waals surface area contributed by atoms with Gasteiger partial charge in [-0.3, -0.25) is 4.79 Å². The second-order valence-corrected chi connectivity index (χ2v) is 6.54. The monoisotopic (exact) mass is 370 g/mol. The van der Waals surface area contributed by atoms with Crippen LogP contribution in [0.5, 0.6) is 11.5 Å². The predicted molar refractivity (Wildman–Crippen MR) is 108 cm³/mol. The van der Waals surface area contributed by atoms with E-state index in [4.69, 9.17) is 15.2 Å². The largest absolute Gasteiger partial charge is 0.493 e. The van der Waals surface area contributed by atoms with Crippen molar-refractivity contribution in [3.8, 4) is 11.5 Å². The first-order valence-electron chi connectivity index (χ1n) is 9.44. The van der Waals surface area contributed by atoms with Gasteiger partial charge in [0.25, 0.3) is 0 Å². The zero-order chi connectivity index (χ0) is 19.6. The summed E-state index contributed by atoms with van der Waals surface area (Å²) in [5.74, 6) is 1.19. The molecule has 0 aliphatic carbocycles. The Labute approximate surface area is 161 Å². The highest BCUT2D eigenvalue weighted by molar-refractivity contribution is 5.79. The summed E-state index contributed by atoms with van der Waals surface area (Å²) in [7, 11) is 1.63. The SMILES string of the molecule is CCOc1cc(CCCNC(=O)C(C)C(N)c2ccccc2)ccc1OC. The normalized spacial score (nSPS) is 12.9. The van der Waals surface area contributed by atoms with E-state index < -0.39 is 0 Å². The quantitative estimate of drug-likeness (QED) is 0.628. The Hall–Kier alpha value is -2.53. The zero-order valence-corrected chi connectivity index (χ0v) is 16.4. The fourth-order valence-corrected chi connectivity index (χ4v) is 2.94. The summed E-state index contributed by atoms with van der Waals surface area (Å²) in [5.41, 5.74) is 8.35. The second kappa shape index (κ2) is 10.6. The second-order valence-electron chi connectivity index (χ2n) is 6.54. The van der Waals surface area contributed by atoms with Gasteiger partial charge >= 0.3 is 0 Å². The number of benzene rings is 2. The number of hydrogen-bond donors (Lipinski definition) is 2. The molecule has 0 fully saturated rings. The molecule has 146 valence electrons. The molecule has 2 rings (SSSR count). The van der Waals surface area contributed by atoms with E-state index in [0.717, 1.165) is 35.5 Å². The van der Waals surface area contributed by atoms with E-state index in [2.05, 4.69) is 5.32 Å². The van der Waals surface area contributed by atoms with Crippen molar-refractivity contribution in [2.24, 2.45) is 11.7 Å². The van der Waals surface area contributed by atoms with Crippen LogP contribution in [0.2, 0.25) is 0 Å². The van der Waals surface area contributed by atoms with Crippen molar-refractivity contribution in [1.29, 1.82) is 0 Å². The highest BCUT2D eigenvalue weighted by Gasteiger charge is 2.21. The van der Waals surface area contributed by atoms with Gasteiger partial charge in [0.1, 0.15) is 0 Å². The van der Waals surface area contributed by atoms with Crippen LogP contribution in [0.4, 0.5) is 0 Å². The minimum atomic E-state index is -0.304. The number of aryl methyl sites for hydroxylation is 1. The lowest BCUT2D eigenvalue weighted by Crippen LogP contribution is -2.36. The predicted octanol–water partition coefficient (Wildman–Crippen LogP) is 3.48. The van der Waals surface area contributed by atoms with E-state index in [0.29, 0.717) is 13.2 Å². The molecule has 0 heterocycles. The first-order valence-corrected chi connectivity index (χ1v) is 9.44. The van der Waals surface area contributed by atoms with Crippen LogP contribution >= 0.6 is 0 Å². The number of carbonyl (C=O) groups excluding carboxylic acids is 1. The topological polar surface area (TPSA) is 73.6 Å². The van der Waals surface area contributed by atoms with Gasteiger partial charge in [-0.05, 0) is 43.0 Å². The average Bonchev–Trinajstić information content (AvgIpc) is 2.71. The smallest absolute Gasteiger partial charge is 0.224 e. The lowest BCUT2D eigenvalue weighted by atomic mass is 9.94. The van der Waals surface area contributed by atoms with Gasteiger partial charge in [0, 0.05) is 12.6 Å². The third-order valence-electron chi connectivity index (χ3n) is 4.61. The zero-order valence-electron chi connectivity index (χ0n) is 16.4. The summed E-state index contributed by atoms with van der Waals surface area (Å²) in [6, 6.07) is 15.4. The van der Waals surface area contributed by atoms with Gasteiger partial charge in [-0.2, -0.15) is 0 Å². The van der Waals surface area contributed by atoms with Crippen molar-refractivity contribution in [3.05, 3.63) is 59.7 Å². The van der Waals surface area contributed by atoms with E-state index in [1.807, 2.05) is 62.4 Å². The standard InChI is InChI=1S/C22H30N2O3/c1-4-27-20-15-17(12-13-19(20)26-3)9-8-14-24-22(25)16(2)21(23)18-10-6-5-7-11-18/h5-7,10-13,15-16,21H,4,8-9,14,23H2,1-3H3,(H,24,25). The Balaban J connectivity index is 1.80. The molecular formula is C22H30N2O3. The van der Waals surface area contributed by atoms with Crippen LogP contribution in [-0.2, 0) is 11.2 Å². The molecule has 0 saturated carbocycles. The van der Waals surface area contributed by atoms with Gasteiger partial charge in [0.2, 0.25) is 5.91 Å². The lowest BCUT2D eigenvalue weighted by molar-refractivity contribution is -0.125. The summed E-state index contributed by atoms with van der Waals surface area (Å²) in [5, 5.41) is 2.99. The maximum absolute atomic E-state index is 12.4. The Bertz CT molecular complexity index is 719. The van der Waals surface area contributed by atoms with Crippen molar-refractivity contribution in [3.63, 3.8) is 0 Å². The van der Waals surface area contributed by atoms with Crippen molar-refractivity contribution >= 4 is 5.91 Å². The van der Waals surface area contributed by atoms with E-state index in [1.54, 1.807) is 7.11 Å². The molecule has 0 aliphatic rings. The van der Waals surface area contributed by atoms with Gasteiger partial charge < -0.3 is 20.5 Å². The number of hydrogen-bond acceptors (Lipinski definition) is 4. The van der Waals surface area contributed by atoms with Crippen LogP contribution in [0.25, 0.3) is 0 Å². The first kappa shape index (κ1) is 20.8. The van der Waals surface area contributed by atoms with Crippen LogP contribution in [-0.4, -0.2) is 26.2 Å². The van der Waals surface area contributed by atoms with Gasteiger partial charge in [-0.25, -0.2) is 0 Å². The Morgan fingerprint density at radius 1 is 1.15 bits per heavy atom. The Morgan fingerprint density at radius 3 is 2.56 bits per heavy atom. The van der Waals surface area contributed by atoms with Gasteiger partial charge in [0.15, 0.2) is 11.5 Å². The number of methoxy groups -OCH3 is 1. The van der Waals surface area contributed by atoms with Crippen molar-refractivity contribution in [1.82, 2.24) is 5.32 Å². The number of carbonyl (C=O) groups is 1. The van der Waals surface area contributed by atoms with E-state index in [-0.39, 0.29) is 17.9 Å². The third-order valence-corrected chi connectivity index (χ3v) is 4.61. The molecule has 2 atom stereocenters. The van der Waals surface area contributed by atoms with Gasteiger partial charge in [0.05, 0.1) is 19.6 Å².